The normalized spacial score (nSPS) is 22.5. The summed E-state index contributed by atoms with van der Waals surface area (Å²) >= 11 is 0. The molecule has 0 aromatic heterocycles. The van der Waals surface area contributed by atoms with Crippen molar-refractivity contribution in [2.75, 3.05) is 27.2 Å². The lowest BCUT2D eigenvalue weighted by Gasteiger charge is -2.39. The van der Waals surface area contributed by atoms with Crippen LogP contribution in [0.2, 0.25) is 0 Å². The first kappa shape index (κ1) is 31.8. The number of rotatable bonds is 10. The van der Waals surface area contributed by atoms with E-state index in [0.717, 1.165) is 32.2 Å². The van der Waals surface area contributed by atoms with Crippen LogP contribution in [-0.4, -0.2) is 95.8 Å². The highest BCUT2D eigenvalue weighted by Gasteiger charge is 2.38. The fraction of sp³-hybridized carbons (Fsp3) is 0.793. The fourth-order valence-corrected chi connectivity index (χ4v) is 5.68. The molecule has 0 saturated carbocycles. The molecular weight excluding hydrogens is 484 g/mol. The SMILES string of the molecule is COC(=O)[C@@H]1CCCN1C(=O)/C(C)=C/[C@H](C(C)C)N(C)C(=O)[C@@H](NC(=O)[C@H]1CCCCN1C(C)C)C(C)C. The van der Waals surface area contributed by atoms with E-state index in [4.69, 9.17) is 4.74 Å². The van der Waals surface area contributed by atoms with Crippen LogP contribution in [0.5, 0.6) is 0 Å². The van der Waals surface area contributed by atoms with Crippen LogP contribution in [0.25, 0.3) is 0 Å². The molecule has 0 unspecified atom stereocenters. The highest BCUT2D eigenvalue weighted by Crippen LogP contribution is 2.24. The second kappa shape index (κ2) is 14.1. The third-order valence-corrected chi connectivity index (χ3v) is 7.96. The Hall–Kier alpha value is -2.42. The maximum absolute atomic E-state index is 13.8. The Morgan fingerprint density at radius 2 is 1.55 bits per heavy atom. The maximum Gasteiger partial charge on any atom is 0.328 e. The van der Waals surface area contributed by atoms with Crippen LogP contribution < -0.4 is 5.32 Å². The van der Waals surface area contributed by atoms with E-state index in [-0.39, 0.29) is 47.7 Å². The number of likely N-dealkylation sites (N-methyl/N-ethyl adjacent to an activating group) is 1. The number of ether oxygens (including phenoxy) is 1. The Kier molecular flexibility index (Phi) is 11.8. The highest BCUT2D eigenvalue weighted by atomic mass is 16.5. The minimum absolute atomic E-state index is 0.0278. The minimum atomic E-state index is -0.670. The van der Waals surface area contributed by atoms with Gasteiger partial charge in [0.05, 0.1) is 19.2 Å². The van der Waals surface area contributed by atoms with Gasteiger partial charge in [-0.1, -0.05) is 40.2 Å². The van der Waals surface area contributed by atoms with Crippen molar-refractivity contribution < 1.29 is 23.9 Å². The largest absolute Gasteiger partial charge is 0.467 e. The molecule has 2 aliphatic heterocycles. The fourth-order valence-electron chi connectivity index (χ4n) is 5.68. The summed E-state index contributed by atoms with van der Waals surface area (Å²) in [6, 6.07) is -1.57. The zero-order valence-corrected chi connectivity index (χ0v) is 25.0. The molecule has 38 heavy (non-hydrogen) atoms. The van der Waals surface area contributed by atoms with Gasteiger partial charge in [0, 0.05) is 25.2 Å². The van der Waals surface area contributed by atoms with Crippen molar-refractivity contribution in [3.8, 4) is 0 Å². The van der Waals surface area contributed by atoms with Gasteiger partial charge in [-0.3, -0.25) is 19.3 Å². The number of amides is 3. The molecule has 9 heteroatoms. The van der Waals surface area contributed by atoms with Gasteiger partial charge in [0.15, 0.2) is 0 Å². The van der Waals surface area contributed by atoms with Crippen LogP contribution in [0, 0.1) is 11.8 Å². The number of hydrogen-bond donors (Lipinski definition) is 1. The molecule has 0 aromatic rings. The summed E-state index contributed by atoms with van der Waals surface area (Å²) in [5.74, 6) is -0.964. The van der Waals surface area contributed by atoms with Crippen LogP contribution in [0.4, 0.5) is 0 Å². The molecule has 2 rings (SSSR count). The van der Waals surface area contributed by atoms with E-state index in [0.29, 0.717) is 18.5 Å². The Labute approximate surface area is 229 Å². The predicted molar refractivity (Wildman–Crippen MR) is 148 cm³/mol. The Balaban J connectivity index is 2.21. The summed E-state index contributed by atoms with van der Waals surface area (Å²) in [4.78, 5) is 58.0. The first-order chi connectivity index (χ1) is 17.8. The number of nitrogens with zero attached hydrogens (tertiary/aromatic N) is 3. The van der Waals surface area contributed by atoms with Crippen LogP contribution in [0.15, 0.2) is 11.6 Å². The summed E-state index contributed by atoms with van der Waals surface area (Å²) < 4.78 is 4.88. The molecule has 3 amide bonds. The second-order valence-corrected chi connectivity index (χ2v) is 11.8. The van der Waals surface area contributed by atoms with E-state index in [1.54, 1.807) is 23.8 Å². The van der Waals surface area contributed by atoms with Crippen molar-refractivity contribution >= 4 is 23.7 Å². The molecule has 2 saturated heterocycles. The highest BCUT2D eigenvalue weighted by molar-refractivity contribution is 5.96. The number of hydrogen-bond acceptors (Lipinski definition) is 6. The second-order valence-electron chi connectivity index (χ2n) is 11.8. The zero-order valence-electron chi connectivity index (χ0n) is 25.0. The van der Waals surface area contributed by atoms with E-state index >= 15 is 0 Å². The summed E-state index contributed by atoms with van der Waals surface area (Å²) in [7, 11) is 3.07. The lowest BCUT2D eigenvalue weighted by molar-refractivity contribution is -0.149. The van der Waals surface area contributed by atoms with E-state index in [1.807, 2.05) is 33.8 Å². The topological polar surface area (TPSA) is 99.3 Å². The summed E-state index contributed by atoms with van der Waals surface area (Å²) in [5.41, 5.74) is 0.485. The quantitative estimate of drug-likeness (QED) is 0.342. The van der Waals surface area contributed by atoms with E-state index < -0.39 is 18.1 Å². The molecule has 9 nitrogen and oxygen atoms in total. The molecule has 2 heterocycles. The number of nitrogens with one attached hydrogen (secondary N) is 1. The molecule has 2 fully saturated rings. The van der Waals surface area contributed by atoms with Crippen molar-refractivity contribution in [1.29, 1.82) is 0 Å². The monoisotopic (exact) mass is 534 g/mol. The van der Waals surface area contributed by atoms with E-state index in [2.05, 4.69) is 24.1 Å². The maximum atomic E-state index is 13.8. The predicted octanol–water partition coefficient (Wildman–Crippen LogP) is 2.98. The zero-order chi connectivity index (χ0) is 28.7. The average Bonchev–Trinajstić information content (AvgIpc) is 3.37. The van der Waals surface area contributed by atoms with Crippen molar-refractivity contribution in [2.45, 2.75) is 111 Å². The smallest absolute Gasteiger partial charge is 0.328 e. The van der Waals surface area contributed by atoms with Crippen LogP contribution in [-0.2, 0) is 23.9 Å². The number of methoxy groups -OCH3 is 1. The molecule has 0 spiro atoms. The number of piperidine rings is 1. The van der Waals surface area contributed by atoms with Crippen LogP contribution in [0.3, 0.4) is 0 Å². The number of carbonyl (C=O) groups is 4. The summed E-state index contributed by atoms with van der Waals surface area (Å²) in [6.45, 7) is 15.2. The van der Waals surface area contributed by atoms with Gasteiger partial charge in [0.1, 0.15) is 12.1 Å². The number of likely N-dealkylation sites (tertiary alicyclic amines) is 2. The van der Waals surface area contributed by atoms with Crippen LogP contribution in [0.1, 0.15) is 80.6 Å². The molecule has 0 radical (unpaired) electrons. The van der Waals surface area contributed by atoms with Gasteiger partial charge in [-0.2, -0.15) is 0 Å². The average molecular weight is 535 g/mol. The number of esters is 1. The molecule has 216 valence electrons. The summed E-state index contributed by atoms with van der Waals surface area (Å²) in [5, 5.41) is 3.07. The molecule has 2 aliphatic rings. The molecular formula is C29H50N4O5. The molecule has 0 aromatic carbocycles. The van der Waals surface area contributed by atoms with Crippen LogP contribution >= 0.6 is 0 Å². The van der Waals surface area contributed by atoms with Gasteiger partial charge in [-0.05, 0) is 64.8 Å². The third kappa shape index (κ3) is 7.58. The molecule has 0 aliphatic carbocycles. The molecule has 1 N–H and O–H groups in total. The van der Waals surface area contributed by atoms with E-state index in [9.17, 15) is 19.2 Å². The first-order valence-electron chi connectivity index (χ1n) is 14.2. The van der Waals surface area contributed by atoms with Gasteiger partial charge < -0.3 is 19.9 Å². The minimum Gasteiger partial charge on any atom is -0.467 e. The lowest BCUT2D eigenvalue weighted by atomic mass is 9.95. The molecule has 0 bridgehead atoms. The van der Waals surface area contributed by atoms with Gasteiger partial charge >= 0.3 is 5.97 Å². The van der Waals surface area contributed by atoms with Crippen molar-refractivity contribution in [1.82, 2.24) is 20.0 Å². The van der Waals surface area contributed by atoms with Gasteiger partial charge in [0.25, 0.3) is 0 Å². The first-order valence-corrected chi connectivity index (χ1v) is 14.2. The Morgan fingerprint density at radius 1 is 0.921 bits per heavy atom. The van der Waals surface area contributed by atoms with Crippen molar-refractivity contribution in [3.63, 3.8) is 0 Å². The van der Waals surface area contributed by atoms with Crippen molar-refractivity contribution in [3.05, 3.63) is 11.6 Å². The van der Waals surface area contributed by atoms with Gasteiger partial charge in [0.2, 0.25) is 17.7 Å². The summed E-state index contributed by atoms with van der Waals surface area (Å²) in [6.07, 6.45) is 6.02. The van der Waals surface area contributed by atoms with Gasteiger partial charge in [-0.15, -0.1) is 0 Å². The van der Waals surface area contributed by atoms with Gasteiger partial charge in [-0.25, -0.2) is 4.79 Å². The third-order valence-electron chi connectivity index (χ3n) is 7.96. The number of carbonyl (C=O) groups excluding carboxylic acids is 4. The Morgan fingerprint density at radius 3 is 2.11 bits per heavy atom. The standard InChI is InChI=1S/C29H50N4O5/c1-18(2)24(17-21(7)27(35)33-16-12-14-23(33)29(37)38-9)31(8)28(36)25(19(3)4)30-26(34)22-13-10-11-15-32(22)20(5)6/h17-20,22-25H,10-16H2,1-9H3,(H,30,34)/b21-17+/t22-,23+,24-,25+/m1/s1. The van der Waals surface area contributed by atoms with Crippen molar-refractivity contribution in [2.24, 2.45) is 11.8 Å². The molecule has 4 atom stereocenters. The Bertz CT molecular complexity index is 884. The van der Waals surface area contributed by atoms with E-state index in [1.165, 1.54) is 7.11 Å². The lowest BCUT2D eigenvalue weighted by Crippen LogP contribution is -2.58.